The Hall–Kier alpha value is -3.35. The number of hydrogen-bond acceptors (Lipinski definition) is 7. The van der Waals surface area contributed by atoms with Crippen LogP contribution >= 0.6 is 0 Å². The molecule has 0 spiro atoms. The number of ether oxygens (including phenoxy) is 2. The average Bonchev–Trinajstić information content (AvgIpc) is 2.91. The summed E-state index contributed by atoms with van der Waals surface area (Å²) < 4.78 is 36.8. The van der Waals surface area contributed by atoms with E-state index in [1.54, 1.807) is 61.4 Å². The summed E-state index contributed by atoms with van der Waals surface area (Å²) in [6, 6.07) is 11.0. The number of nitrogens with zero attached hydrogens (tertiary/aromatic N) is 2. The molecule has 208 valence electrons. The first-order chi connectivity index (χ1) is 17.9. The van der Waals surface area contributed by atoms with Crippen molar-refractivity contribution in [1.29, 1.82) is 0 Å². The number of rotatable bonds is 8. The van der Waals surface area contributed by atoms with Gasteiger partial charge in [0.25, 0.3) is 0 Å². The van der Waals surface area contributed by atoms with Crippen LogP contribution in [0.4, 0.5) is 16.2 Å². The molecule has 0 bridgehead atoms. The molecular formula is C26H36N4O7S. The molecule has 3 atom stereocenters. The van der Waals surface area contributed by atoms with Crippen LogP contribution < -0.4 is 20.1 Å². The van der Waals surface area contributed by atoms with Gasteiger partial charge in [-0.05, 0) is 49.4 Å². The van der Waals surface area contributed by atoms with E-state index in [4.69, 9.17) is 9.47 Å². The molecule has 0 fully saturated rings. The quantitative estimate of drug-likeness (QED) is 0.461. The molecule has 0 aliphatic carbocycles. The summed E-state index contributed by atoms with van der Waals surface area (Å²) in [5.74, 6) is 0.645. The van der Waals surface area contributed by atoms with Crippen LogP contribution in [0, 0.1) is 5.92 Å². The molecule has 1 aliphatic heterocycles. The Bertz CT molecular complexity index is 1240. The van der Waals surface area contributed by atoms with Crippen LogP contribution in [0.3, 0.4) is 0 Å². The number of benzene rings is 2. The van der Waals surface area contributed by atoms with Gasteiger partial charge in [-0.25, -0.2) is 17.5 Å². The Morgan fingerprint density at radius 2 is 1.84 bits per heavy atom. The van der Waals surface area contributed by atoms with Crippen molar-refractivity contribution >= 4 is 33.3 Å². The SMILES string of the molecule is COc1ccc(NC(=O)Nc2ccc3c(c2)CC(=O)N([C@H](C)CO)C[C@@H](C)[C@@H](CN(C)S(C)(=O)=O)O3)cc1. The van der Waals surface area contributed by atoms with E-state index in [-0.39, 0.29) is 37.9 Å². The lowest BCUT2D eigenvalue weighted by atomic mass is 10.0. The zero-order valence-corrected chi connectivity index (χ0v) is 23.1. The molecule has 0 saturated carbocycles. The van der Waals surface area contributed by atoms with Crippen molar-refractivity contribution < 1.29 is 32.6 Å². The standard InChI is InChI=1S/C26H36N4O7S/c1-17-14-30(18(2)16-31)25(32)13-19-12-21(28-26(33)27-20-6-9-22(36-4)10-7-20)8-11-23(19)37-24(17)15-29(3)38(5,34)35/h6-12,17-18,24,31H,13-16H2,1-5H3,(H2,27,28,33)/t17-,18-,24-/m1/s1. The highest BCUT2D eigenvalue weighted by molar-refractivity contribution is 7.88. The predicted octanol–water partition coefficient (Wildman–Crippen LogP) is 2.38. The van der Waals surface area contributed by atoms with Gasteiger partial charge in [0.1, 0.15) is 17.6 Å². The summed E-state index contributed by atoms with van der Waals surface area (Å²) in [4.78, 5) is 27.5. The second kappa shape index (κ2) is 12.5. The molecule has 3 amide bonds. The molecule has 0 radical (unpaired) electrons. The van der Waals surface area contributed by atoms with Gasteiger partial charge in [0.2, 0.25) is 15.9 Å². The van der Waals surface area contributed by atoms with Crippen LogP contribution in [-0.2, 0) is 21.2 Å². The summed E-state index contributed by atoms with van der Waals surface area (Å²) >= 11 is 0. The lowest BCUT2D eigenvalue weighted by Crippen LogP contribution is -2.48. The second-order valence-corrected chi connectivity index (χ2v) is 11.7. The first-order valence-corrected chi connectivity index (χ1v) is 14.1. The van der Waals surface area contributed by atoms with Crippen molar-refractivity contribution in [2.75, 3.05) is 50.7 Å². The fourth-order valence-electron chi connectivity index (χ4n) is 4.08. The van der Waals surface area contributed by atoms with Gasteiger partial charge in [-0.2, -0.15) is 0 Å². The van der Waals surface area contributed by atoms with Crippen molar-refractivity contribution in [3.05, 3.63) is 48.0 Å². The number of nitrogens with one attached hydrogen (secondary N) is 2. The van der Waals surface area contributed by atoms with Gasteiger partial charge in [0.05, 0.1) is 39.0 Å². The molecule has 0 aromatic heterocycles. The van der Waals surface area contributed by atoms with Crippen molar-refractivity contribution in [2.45, 2.75) is 32.4 Å². The fourth-order valence-corrected chi connectivity index (χ4v) is 4.50. The highest BCUT2D eigenvalue weighted by Gasteiger charge is 2.32. The van der Waals surface area contributed by atoms with Crippen LogP contribution in [0.15, 0.2) is 42.5 Å². The number of fused-ring (bicyclic) bond motifs is 1. The van der Waals surface area contributed by atoms with Gasteiger partial charge < -0.3 is 30.1 Å². The third-order valence-corrected chi connectivity index (χ3v) is 7.81. The maximum Gasteiger partial charge on any atom is 0.323 e. The monoisotopic (exact) mass is 548 g/mol. The molecule has 1 aliphatic rings. The van der Waals surface area contributed by atoms with Crippen molar-refractivity contribution in [3.63, 3.8) is 0 Å². The van der Waals surface area contributed by atoms with E-state index < -0.39 is 28.2 Å². The van der Waals surface area contributed by atoms with Gasteiger partial charge in [-0.15, -0.1) is 0 Å². The lowest BCUT2D eigenvalue weighted by Gasteiger charge is -2.33. The third-order valence-electron chi connectivity index (χ3n) is 6.53. The number of methoxy groups -OCH3 is 1. The molecule has 11 nitrogen and oxygen atoms in total. The fraction of sp³-hybridized carbons (Fsp3) is 0.462. The molecule has 38 heavy (non-hydrogen) atoms. The largest absolute Gasteiger partial charge is 0.497 e. The minimum Gasteiger partial charge on any atom is -0.497 e. The van der Waals surface area contributed by atoms with Gasteiger partial charge in [-0.1, -0.05) is 6.92 Å². The Kier molecular flexibility index (Phi) is 9.58. The summed E-state index contributed by atoms with van der Waals surface area (Å²) in [5.41, 5.74) is 1.56. The van der Waals surface area contributed by atoms with Crippen LogP contribution in [0.1, 0.15) is 19.4 Å². The van der Waals surface area contributed by atoms with Crippen LogP contribution in [0.25, 0.3) is 0 Å². The minimum atomic E-state index is -3.46. The number of amides is 3. The Labute approximate surface area is 223 Å². The Balaban J connectivity index is 1.87. The van der Waals surface area contributed by atoms with E-state index in [2.05, 4.69) is 10.6 Å². The summed E-state index contributed by atoms with van der Waals surface area (Å²) in [7, 11) is -0.420. The molecule has 2 aromatic carbocycles. The second-order valence-electron chi connectivity index (χ2n) is 9.56. The van der Waals surface area contributed by atoms with Gasteiger partial charge in [-0.3, -0.25) is 4.79 Å². The lowest BCUT2D eigenvalue weighted by molar-refractivity contribution is -0.134. The number of likely N-dealkylation sites (N-methyl/N-ethyl adjacent to an activating group) is 1. The summed E-state index contributed by atoms with van der Waals surface area (Å²) in [6.07, 6.45) is 0.542. The van der Waals surface area contributed by atoms with Gasteiger partial charge in [0, 0.05) is 36.4 Å². The van der Waals surface area contributed by atoms with Crippen LogP contribution in [-0.4, -0.2) is 86.9 Å². The maximum atomic E-state index is 13.3. The molecule has 0 saturated heterocycles. The van der Waals surface area contributed by atoms with Crippen molar-refractivity contribution in [1.82, 2.24) is 9.21 Å². The zero-order chi connectivity index (χ0) is 28.0. The average molecular weight is 549 g/mol. The number of carbonyl (C=O) groups is 2. The normalized spacial score (nSPS) is 18.9. The van der Waals surface area contributed by atoms with E-state index >= 15 is 0 Å². The van der Waals surface area contributed by atoms with E-state index in [0.717, 1.165) is 6.26 Å². The van der Waals surface area contributed by atoms with E-state index in [1.165, 1.54) is 11.4 Å². The zero-order valence-electron chi connectivity index (χ0n) is 22.3. The molecule has 1 heterocycles. The smallest absolute Gasteiger partial charge is 0.323 e. The molecular weight excluding hydrogens is 512 g/mol. The molecule has 3 rings (SSSR count). The number of sulfonamides is 1. The molecule has 2 aromatic rings. The first-order valence-electron chi connectivity index (χ1n) is 12.2. The number of aliphatic hydroxyl groups is 1. The van der Waals surface area contributed by atoms with Gasteiger partial charge in [0.15, 0.2) is 0 Å². The number of urea groups is 1. The minimum absolute atomic E-state index is 0.0172. The first kappa shape index (κ1) is 29.2. The molecule has 12 heteroatoms. The van der Waals surface area contributed by atoms with Crippen LogP contribution in [0.5, 0.6) is 11.5 Å². The Morgan fingerprint density at radius 3 is 2.45 bits per heavy atom. The topological polar surface area (TPSA) is 138 Å². The maximum absolute atomic E-state index is 13.3. The highest BCUT2D eigenvalue weighted by Crippen LogP contribution is 2.29. The number of carbonyl (C=O) groups excluding carboxylic acids is 2. The van der Waals surface area contributed by atoms with E-state index in [9.17, 15) is 23.1 Å². The van der Waals surface area contributed by atoms with E-state index in [0.29, 0.717) is 28.4 Å². The molecule has 0 unspecified atom stereocenters. The summed E-state index contributed by atoms with van der Waals surface area (Å²) in [5, 5.41) is 15.3. The number of hydrogen-bond donors (Lipinski definition) is 3. The highest BCUT2D eigenvalue weighted by atomic mass is 32.2. The molecule has 3 N–H and O–H groups in total. The number of anilines is 2. The summed E-state index contributed by atoms with van der Waals surface area (Å²) in [6.45, 7) is 3.79. The van der Waals surface area contributed by atoms with Crippen molar-refractivity contribution in [3.8, 4) is 11.5 Å². The third kappa shape index (κ3) is 7.59. The van der Waals surface area contributed by atoms with Crippen LogP contribution in [0.2, 0.25) is 0 Å². The Morgan fingerprint density at radius 1 is 1.21 bits per heavy atom. The number of aliphatic hydroxyl groups excluding tert-OH is 1. The predicted molar refractivity (Wildman–Crippen MR) is 145 cm³/mol. The van der Waals surface area contributed by atoms with E-state index in [1.807, 2.05) is 6.92 Å². The van der Waals surface area contributed by atoms with Gasteiger partial charge >= 0.3 is 6.03 Å². The van der Waals surface area contributed by atoms with Crippen molar-refractivity contribution in [2.24, 2.45) is 5.92 Å².